The van der Waals surface area contributed by atoms with Gasteiger partial charge in [0, 0.05) is 37.8 Å². The number of halogens is 1. The van der Waals surface area contributed by atoms with E-state index in [4.69, 9.17) is 0 Å². The van der Waals surface area contributed by atoms with Crippen molar-refractivity contribution in [3.63, 3.8) is 0 Å². The Hall–Kier alpha value is -3.29. The van der Waals surface area contributed by atoms with Crippen molar-refractivity contribution in [3.05, 3.63) is 65.9 Å². The quantitative estimate of drug-likeness (QED) is 0.717. The van der Waals surface area contributed by atoms with Crippen molar-refractivity contribution < 1.29 is 14.0 Å². The molecule has 0 radical (unpaired) electrons. The number of carbonyl (C=O) groups is 2. The van der Waals surface area contributed by atoms with Gasteiger partial charge in [-0.25, -0.2) is 4.39 Å². The highest BCUT2D eigenvalue weighted by Gasteiger charge is 2.28. The van der Waals surface area contributed by atoms with E-state index in [0.29, 0.717) is 31.6 Å². The molecule has 1 N–H and O–H groups in total. The second-order valence-electron chi connectivity index (χ2n) is 7.18. The Labute approximate surface area is 167 Å². The number of benzene rings is 1. The lowest BCUT2D eigenvalue weighted by Gasteiger charge is -2.32. The van der Waals surface area contributed by atoms with Gasteiger partial charge in [-0.2, -0.15) is 0 Å². The van der Waals surface area contributed by atoms with Crippen molar-refractivity contribution in [1.82, 2.24) is 24.8 Å². The van der Waals surface area contributed by atoms with E-state index < -0.39 is 0 Å². The number of likely N-dealkylation sites (tertiary alicyclic amines) is 1. The summed E-state index contributed by atoms with van der Waals surface area (Å²) in [6.45, 7) is 1.43. The van der Waals surface area contributed by atoms with Crippen LogP contribution in [0.4, 0.5) is 4.39 Å². The van der Waals surface area contributed by atoms with Crippen molar-refractivity contribution in [2.75, 3.05) is 19.6 Å². The zero-order chi connectivity index (χ0) is 20.2. The Bertz CT molecular complexity index is 1020. The Balaban J connectivity index is 1.31. The molecule has 150 valence electrons. The molecule has 0 spiro atoms. The first-order valence-corrected chi connectivity index (χ1v) is 9.73. The second-order valence-corrected chi connectivity index (χ2v) is 7.18. The number of hydrogen-bond acceptors (Lipinski definition) is 4. The van der Waals surface area contributed by atoms with E-state index in [-0.39, 0.29) is 23.5 Å². The highest BCUT2D eigenvalue weighted by atomic mass is 19.1. The molecule has 1 aromatic carbocycles. The van der Waals surface area contributed by atoms with E-state index in [1.807, 2.05) is 28.8 Å². The van der Waals surface area contributed by atoms with Crippen molar-refractivity contribution in [2.45, 2.75) is 19.3 Å². The number of amides is 2. The number of carbonyl (C=O) groups excluding carboxylic acids is 2. The maximum atomic E-state index is 13.1. The molecule has 4 rings (SSSR count). The van der Waals surface area contributed by atoms with Gasteiger partial charge >= 0.3 is 0 Å². The smallest absolute Gasteiger partial charge is 0.253 e. The molecular weight excluding hydrogens is 373 g/mol. The van der Waals surface area contributed by atoms with Gasteiger partial charge < -0.3 is 10.2 Å². The number of nitrogens with one attached hydrogen (secondary N) is 1. The van der Waals surface area contributed by atoms with Crippen LogP contribution < -0.4 is 5.32 Å². The molecule has 0 bridgehead atoms. The van der Waals surface area contributed by atoms with Crippen LogP contribution in [0.25, 0.3) is 5.65 Å². The molecule has 2 amide bonds. The van der Waals surface area contributed by atoms with E-state index in [0.717, 1.165) is 24.3 Å². The summed E-state index contributed by atoms with van der Waals surface area (Å²) in [6, 6.07) is 11.2. The normalized spacial score (nSPS) is 16.7. The van der Waals surface area contributed by atoms with Gasteiger partial charge in [0.15, 0.2) is 5.65 Å². The lowest BCUT2D eigenvalue weighted by atomic mass is 9.96. The molecule has 2 aromatic heterocycles. The van der Waals surface area contributed by atoms with Gasteiger partial charge in [-0.1, -0.05) is 6.07 Å². The predicted molar refractivity (Wildman–Crippen MR) is 105 cm³/mol. The van der Waals surface area contributed by atoms with Gasteiger partial charge in [-0.15, -0.1) is 10.2 Å². The summed E-state index contributed by atoms with van der Waals surface area (Å²) in [5.74, 6) is -0.0632. The van der Waals surface area contributed by atoms with Crippen molar-refractivity contribution in [2.24, 2.45) is 5.92 Å². The van der Waals surface area contributed by atoms with E-state index in [2.05, 4.69) is 15.5 Å². The summed E-state index contributed by atoms with van der Waals surface area (Å²) in [5.41, 5.74) is 1.21. The van der Waals surface area contributed by atoms with Crippen LogP contribution in [-0.4, -0.2) is 50.9 Å². The van der Waals surface area contributed by atoms with Crippen molar-refractivity contribution >= 4 is 17.5 Å². The molecule has 1 saturated heterocycles. The first kappa shape index (κ1) is 19.0. The van der Waals surface area contributed by atoms with Gasteiger partial charge in [-0.3, -0.25) is 14.0 Å². The fraction of sp³-hybridized carbons (Fsp3) is 0.333. The summed E-state index contributed by atoms with van der Waals surface area (Å²) >= 11 is 0. The van der Waals surface area contributed by atoms with Gasteiger partial charge in [0.2, 0.25) is 5.91 Å². The minimum atomic E-state index is -0.377. The monoisotopic (exact) mass is 395 g/mol. The number of nitrogens with zero attached hydrogens (tertiary/aromatic N) is 4. The van der Waals surface area contributed by atoms with Gasteiger partial charge in [0.05, 0.1) is 5.92 Å². The third-order valence-corrected chi connectivity index (χ3v) is 5.20. The molecule has 1 aliphatic heterocycles. The Morgan fingerprint density at radius 2 is 1.97 bits per heavy atom. The Morgan fingerprint density at radius 3 is 2.79 bits per heavy atom. The third-order valence-electron chi connectivity index (χ3n) is 5.20. The zero-order valence-corrected chi connectivity index (χ0v) is 15.9. The number of pyridine rings is 1. The summed E-state index contributed by atoms with van der Waals surface area (Å²) in [7, 11) is 0. The maximum Gasteiger partial charge on any atom is 0.253 e. The second kappa shape index (κ2) is 8.38. The number of piperidine rings is 1. The third kappa shape index (κ3) is 4.26. The average Bonchev–Trinajstić information content (AvgIpc) is 3.17. The number of hydrogen-bond donors (Lipinski definition) is 1. The van der Waals surface area contributed by atoms with Crippen molar-refractivity contribution in [3.8, 4) is 0 Å². The maximum absolute atomic E-state index is 13.1. The Morgan fingerprint density at radius 1 is 1.14 bits per heavy atom. The molecule has 29 heavy (non-hydrogen) atoms. The summed E-state index contributed by atoms with van der Waals surface area (Å²) < 4.78 is 15.0. The minimum Gasteiger partial charge on any atom is -0.355 e. The van der Waals surface area contributed by atoms with Crippen LogP contribution in [0.3, 0.4) is 0 Å². The molecule has 8 heteroatoms. The van der Waals surface area contributed by atoms with Crippen molar-refractivity contribution in [1.29, 1.82) is 0 Å². The highest BCUT2D eigenvalue weighted by Crippen LogP contribution is 2.19. The molecular formula is C21H22FN5O2. The van der Waals surface area contributed by atoms with Crippen LogP contribution in [0.15, 0.2) is 48.7 Å². The topological polar surface area (TPSA) is 79.6 Å². The SMILES string of the molecule is O=C(NCCc1nnc2ccccn12)C1CCCN(C(=O)c2ccc(F)cc2)C1. The van der Waals surface area contributed by atoms with E-state index in [1.54, 1.807) is 4.90 Å². The van der Waals surface area contributed by atoms with Gasteiger partial charge in [0.25, 0.3) is 5.91 Å². The van der Waals surface area contributed by atoms with Crippen LogP contribution in [0.1, 0.15) is 29.0 Å². The molecule has 1 fully saturated rings. The van der Waals surface area contributed by atoms with Crippen LogP contribution in [-0.2, 0) is 11.2 Å². The molecule has 3 heterocycles. The van der Waals surface area contributed by atoms with E-state index >= 15 is 0 Å². The average molecular weight is 395 g/mol. The lowest BCUT2D eigenvalue weighted by Crippen LogP contribution is -2.45. The number of rotatable bonds is 5. The van der Waals surface area contributed by atoms with E-state index in [1.165, 1.54) is 24.3 Å². The van der Waals surface area contributed by atoms with E-state index in [9.17, 15) is 14.0 Å². The number of aromatic nitrogens is 3. The number of fused-ring (bicyclic) bond motifs is 1. The molecule has 1 atom stereocenters. The largest absolute Gasteiger partial charge is 0.355 e. The van der Waals surface area contributed by atoms with Crippen LogP contribution in [0, 0.1) is 11.7 Å². The molecule has 7 nitrogen and oxygen atoms in total. The van der Waals surface area contributed by atoms with Crippen LogP contribution >= 0.6 is 0 Å². The summed E-state index contributed by atoms with van der Waals surface area (Å²) in [4.78, 5) is 26.9. The zero-order valence-electron chi connectivity index (χ0n) is 15.9. The Kier molecular flexibility index (Phi) is 5.50. The predicted octanol–water partition coefficient (Wildman–Crippen LogP) is 2.08. The summed E-state index contributed by atoms with van der Waals surface area (Å²) in [5, 5.41) is 11.2. The molecule has 3 aromatic rings. The molecule has 0 saturated carbocycles. The minimum absolute atomic E-state index is 0.0598. The lowest BCUT2D eigenvalue weighted by molar-refractivity contribution is -0.126. The standard InChI is InChI=1S/C21H22FN5O2/c22-17-8-6-15(7-9-17)21(29)26-12-3-4-16(14-26)20(28)23-11-10-19-25-24-18-5-1-2-13-27(18)19/h1-2,5-9,13,16H,3-4,10-12,14H2,(H,23,28). The fourth-order valence-electron chi connectivity index (χ4n) is 3.65. The van der Waals surface area contributed by atoms with Gasteiger partial charge in [0.1, 0.15) is 11.6 Å². The first-order valence-electron chi connectivity index (χ1n) is 9.73. The molecule has 1 unspecified atom stereocenters. The molecule has 0 aliphatic carbocycles. The molecule has 1 aliphatic rings. The highest BCUT2D eigenvalue weighted by molar-refractivity contribution is 5.94. The van der Waals surface area contributed by atoms with Crippen LogP contribution in [0.2, 0.25) is 0 Å². The first-order chi connectivity index (χ1) is 14.1. The summed E-state index contributed by atoms with van der Waals surface area (Å²) in [6.07, 6.45) is 3.97. The fourth-order valence-corrected chi connectivity index (χ4v) is 3.65. The van der Waals surface area contributed by atoms with Gasteiger partial charge in [-0.05, 0) is 49.2 Å². The van der Waals surface area contributed by atoms with Crippen LogP contribution in [0.5, 0.6) is 0 Å².